The summed E-state index contributed by atoms with van der Waals surface area (Å²) < 4.78 is 45.5. The molecule has 5 aliphatic rings. The molecule has 7 atom stereocenters. The van der Waals surface area contributed by atoms with E-state index < -0.39 is 73.9 Å². The molecule has 4 fully saturated rings. The average Bonchev–Trinajstić information content (AvgIpc) is 4.04. The molecule has 54 heavy (non-hydrogen) atoms. The number of sulfonamides is 1. The predicted octanol–water partition coefficient (Wildman–Crippen LogP) is 4.39. The molecule has 1 saturated heterocycles. The number of benzene rings is 1. The molecule has 3 amide bonds. The zero-order valence-electron chi connectivity index (χ0n) is 31.5. The van der Waals surface area contributed by atoms with Crippen LogP contribution in [0.1, 0.15) is 90.7 Å². The number of hydrogen-bond acceptors (Lipinski definition) is 11. The first-order valence-corrected chi connectivity index (χ1v) is 20.7. The van der Waals surface area contributed by atoms with Crippen LogP contribution in [0.2, 0.25) is 0 Å². The van der Waals surface area contributed by atoms with Gasteiger partial charge >= 0.3 is 6.09 Å². The van der Waals surface area contributed by atoms with E-state index in [2.05, 4.69) is 16.6 Å². The van der Waals surface area contributed by atoms with Gasteiger partial charge in [-0.25, -0.2) is 23.2 Å². The van der Waals surface area contributed by atoms with E-state index in [1.165, 1.54) is 4.90 Å². The molecule has 7 rings (SSSR count). The molecular weight excluding hydrogens is 715 g/mol. The van der Waals surface area contributed by atoms with Gasteiger partial charge in [-0.05, 0) is 74.3 Å². The van der Waals surface area contributed by atoms with Gasteiger partial charge in [-0.3, -0.25) is 19.1 Å². The van der Waals surface area contributed by atoms with Gasteiger partial charge in [0.25, 0.3) is 0 Å². The van der Waals surface area contributed by atoms with Crippen molar-refractivity contribution in [3.8, 4) is 11.6 Å². The van der Waals surface area contributed by atoms with Crippen molar-refractivity contribution in [3.05, 3.63) is 36.5 Å². The van der Waals surface area contributed by atoms with Gasteiger partial charge in [-0.2, -0.15) is 0 Å². The van der Waals surface area contributed by atoms with E-state index >= 15 is 0 Å². The minimum Gasteiger partial charge on any atom is -0.497 e. The highest BCUT2D eigenvalue weighted by Gasteiger charge is 2.61. The lowest BCUT2D eigenvalue weighted by Gasteiger charge is -2.35. The van der Waals surface area contributed by atoms with Gasteiger partial charge in [0.1, 0.15) is 29.7 Å². The molecule has 2 aromatic rings. The van der Waals surface area contributed by atoms with Crippen molar-refractivity contribution in [2.45, 2.75) is 121 Å². The molecule has 2 N–H and O–H groups in total. The van der Waals surface area contributed by atoms with Gasteiger partial charge in [0.2, 0.25) is 27.7 Å². The fraction of sp³-hybridized carbons (Fsp3) is 0.641. The van der Waals surface area contributed by atoms with Crippen LogP contribution in [0.3, 0.4) is 0 Å². The number of Topliss-reactive ketones (excluding diaryl/α,β-unsaturated/α-hetero) is 1. The van der Waals surface area contributed by atoms with Gasteiger partial charge in [0.15, 0.2) is 5.78 Å². The van der Waals surface area contributed by atoms with Crippen LogP contribution in [0.4, 0.5) is 4.79 Å². The third-order valence-corrected chi connectivity index (χ3v) is 13.5. The minimum absolute atomic E-state index is 0.000652. The Kier molecular flexibility index (Phi) is 10.2. The summed E-state index contributed by atoms with van der Waals surface area (Å²) in [6.07, 6.45) is 6.03. The monoisotopic (exact) mass is 765 g/mol. The number of methoxy groups -OCH3 is 1. The molecular formula is C39H51N5O9S. The van der Waals surface area contributed by atoms with E-state index in [9.17, 15) is 27.6 Å². The number of carbonyl (C=O) groups excluding carboxylic acids is 4. The standard InChI is InChI=1S/C39H51N5O9S/c1-6-23-19-39(23,36(47)43-54(49,50)26-13-14-26)20-31(45)30-18-25-21-44(30)35(46)33(38(2,3)4)42-37(48)53-32-16-22(32)10-8-7-9-11-28-34(52-25)41-29-17-24(51-5)12-15-27(29)40-28/h6,12,15,17,22-23,25-26,30,32-33H,1,7-11,13-14,16,18-21H2,2-5H3,(H,42,48)(H,43,47)/t22-,23+,25-,30+,32-,33-,39-/m1/s1. The maximum absolute atomic E-state index is 14.6. The summed E-state index contributed by atoms with van der Waals surface area (Å²) in [6.45, 7) is 9.30. The number of amides is 3. The molecule has 2 bridgehead atoms. The average molecular weight is 766 g/mol. The Labute approximate surface area is 316 Å². The van der Waals surface area contributed by atoms with Crippen LogP contribution in [-0.4, -0.2) is 90.2 Å². The number of carbonyl (C=O) groups is 4. The SMILES string of the molecule is C=C[C@H]1C[C@]1(CC(=O)[C@@H]1C[C@@H]2CN1C(=O)[C@H](C(C)(C)C)NC(=O)O[C@@H]1C[C@H]1CCCCCc1nc3ccc(OC)cc3nc1O2)C(=O)NS(=O)(=O)C1CC1. The molecule has 3 saturated carbocycles. The number of rotatable bonds is 8. The van der Waals surface area contributed by atoms with Crippen molar-refractivity contribution in [1.29, 1.82) is 0 Å². The minimum atomic E-state index is -3.86. The molecule has 3 heterocycles. The molecule has 0 radical (unpaired) electrons. The first-order chi connectivity index (χ1) is 25.6. The normalized spacial score (nSPS) is 30.3. The molecule has 292 valence electrons. The van der Waals surface area contributed by atoms with Crippen molar-refractivity contribution >= 4 is 44.7 Å². The zero-order valence-corrected chi connectivity index (χ0v) is 32.3. The summed E-state index contributed by atoms with van der Waals surface area (Å²) in [4.78, 5) is 67.1. The van der Waals surface area contributed by atoms with Gasteiger partial charge < -0.3 is 24.4 Å². The summed E-state index contributed by atoms with van der Waals surface area (Å²) in [5, 5.41) is 2.20. The highest BCUT2D eigenvalue weighted by molar-refractivity contribution is 7.90. The van der Waals surface area contributed by atoms with Crippen LogP contribution in [0.25, 0.3) is 11.0 Å². The quantitative estimate of drug-likeness (QED) is 0.364. The Balaban J connectivity index is 1.22. The second kappa shape index (κ2) is 14.4. The molecule has 3 aliphatic carbocycles. The fourth-order valence-electron chi connectivity index (χ4n) is 7.98. The van der Waals surface area contributed by atoms with Crippen LogP contribution >= 0.6 is 0 Å². The van der Waals surface area contributed by atoms with Crippen molar-refractivity contribution in [2.75, 3.05) is 13.7 Å². The van der Waals surface area contributed by atoms with E-state index in [4.69, 9.17) is 24.2 Å². The number of hydrogen-bond donors (Lipinski definition) is 2. The second-order valence-electron chi connectivity index (χ2n) is 16.8. The molecule has 1 aromatic heterocycles. The van der Waals surface area contributed by atoms with Crippen molar-refractivity contribution < 1.29 is 41.8 Å². The van der Waals surface area contributed by atoms with E-state index in [0.717, 1.165) is 32.1 Å². The van der Waals surface area contributed by atoms with Crippen LogP contribution in [-0.2, 0) is 35.6 Å². The van der Waals surface area contributed by atoms with Gasteiger partial charge in [0.05, 0.1) is 41.4 Å². The summed E-state index contributed by atoms with van der Waals surface area (Å²) in [6, 6.07) is 3.36. The van der Waals surface area contributed by atoms with Crippen LogP contribution in [0.15, 0.2) is 30.9 Å². The van der Waals surface area contributed by atoms with E-state index in [-0.39, 0.29) is 37.8 Å². The number of allylic oxidation sites excluding steroid dienone is 1. The van der Waals surface area contributed by atoms with Gasteiger partial charge in [-0.15, -0.1) is 6.58 Å². The number of nitrogens with one attached hydrogen (secondary N) is 2. The molecule has 2 aliphatic heterocycles. The van der Waals surface area contributed by atoms with Crippen molar-refractivity contribution in [2.24, 2.45) is 22.7 Å². The van der Waals surface area contributed by atoms with Crippen LogP contribution in [0, 0.1) is 22.7 Å². The maximum atomic E-state index is 14.6. The van der Waals surface area contributed by atoms with Gasteiger partial charge in [0, 0.05) is 18.9 Å². The zero-order chi connectivity index (χ0) is 38.6. The Morgan fingerprint density at radius 3 is 2.56 bits per heavy atom. The summed E-state index contributed by atoms with van der Waals surface area (Å²) in [7, 11) is -2.29. The smallest absolute Gasteiger partial charge is 0.408 e. The molecule has 14 nitrogen and oxygen atoms in total. The Hall–Kier alpha value is -4.27. The number of ether oxygens (including phenoxy) is 3. The summed E-state index contributed by atoms with van der Waals surface area (Å²) >= 11 is 0. The maximum Gasteiger partial charge on any atom is 0.408 e. The highest BCUT2D eigenvalue weighted by Crippen LogP contribution is 2.57. The van der Waals surface area contributed by atoms with Crippen LogP contribution < -0.4 is 19.5 Å². The number of aryl methyl sites for hydroxylation is 1. The first kappa shape index (κ1) is 38.0. The number of nitrogens with zero attached hydrogens (tertiary/aromatic N) is 3. The second-order valence-corrected chi connectivity index (χ2v) is 18.8. The third kappa shape index (κ3) is 7.92. The molecule has 1 aromatic carbocycles. The topological polar surface area (TPSA) is 183 Å². The lowest BCUT2D eigenvalue weighted by Crippen LogP contribution is -2.57. The predicted molar refractivity (Wildman–Crippen MR) is 198 cm³/mol. The Morgan fingerprint density at radius 2 is 1.87 bits per heavy atom. The summed E-state index contributed by atoms with van der Waals surface area (Å²) in [5.41, 5.74) is -0.142. The van der Waals surface area contributed by atoms with E-state index in [1.54, 1.807) is 19.3 Å². The number of fused-ring (bicyclic) bond motifs is 5. The molecule has 0 unspecified atom stereocenters. The number of ketones is 1. The van der Waals surface area contributed by atoms with E-state index in [1.807, 2.05) is 32.9 Å². The Bertz CT molecular complexity index is 1960. The van der Waals surface area contributed by atoms with E-state index in [0.29, 0.717) is 47.6 Å². The number of aromatic nitrogens is 2. The molecule has 0 spiro atoms. The lowest BCUT2D eigenvalue weighted by molar-refractivity contribution is -0.142. The highest BCUT2D eigenvalue weighted by atomic mass is 32.2. The first-order valence-electron chi connectivity index (χ1n) is 19.1. The Morgan fingerprint density at radius 1 is 1.09 bits per heavy atom. The van der Waals surface area contributed by atoms with Crippen molar-refractivity contribution in [3.63, 3.8) is 0 Å². The van der Waals surface area contributed by atoms with Gasteiger partial charge in [-0.1, -0.05) is 39.7 Å². The largest absolute Gasteiger partial charge is 0.497 e. The molecule has 15 heteroatoms. The number of alkyl carbamates (subject to hydrolysis) is 1. The lowest BCUT2D eigenvalue weighted by atomic mass is 9.85. The van der Waals surface area contributed by atoms with Crippen LogP contribution in [0.5, 0.6) is 11.6 Å². The van der Waals surface area contributed by atoms with Crippen molar-refractivity contribution in [1.82, 2.24) is 24.9 Å². The summed E-state index contributed by atoms with van der Waals surface area (Å²) in [5.74, 6) is -0.844. The fourth-order valence-corrected chi connectivity index (χ4v) is 9.37. The third-order valence-electron chi connectivity index (χ3n) is 11.6.